The van der Waals surface area contributed by atoms with E-state index in [1.807, 2.05) is 18.4 Å². The summed E-state index contributed by atoms with van der Waals surface area (Å²) in [5.74, 6) is -0.448. The summed E-state index contributed by atoms with van der Waals surface area (Å²) in [6.45, 7) is 6.30. The first-order valence-electron chi connectivity index (χ1n) is 7.77. The van der Waals surface area contributed by atoms with Gasteiger partial charge >= 0.3 is 0 Å². The number of hydrogen-bond donors (Lipinski definition) is 2. The zero-order valence-electron chi connectivity index (χ0n) is 13.2. The van der Waals surface area contributed by atoms with Gasteiger partial charge in [0.05, 0.1) is 6.10 Å². The highest BCUT2D eigenvalue weighted by Gasteiger charge is 2.55. The summed E-state index contributed by atoms with van der Waals surface area (Å²) in [7, 11) is 0. The summed E-state index contributed by atoms with van der Waals surface area (Å²) in [5.41, 5.74) is 0.719. The van der Waals surface area contributed by atoms with Crippen LogP contribution in [0.2, 0.25) is 0 Å². The van der Waals surface area contributed by atoms with Gasteiger partial charge in [0, 0.05) is 6.07 Å². The molecule has 0 radical (unpaired) electrons. The predicted molar refractivity (Wildman–Crippen MR) is 77.0 cm³/mol. The number of hydrogen-bond acceptors (Lipinski definition) is 5. The molecule has 122 valence electrons. The van der Waals surface area contributed by atoms with Gasteiger partial charge in [-0.2, -0.15) is 4.57 Å². The van der Waals surface area contributed by atoms with Crippen molar-refractivity contribution in [3.05, 3.63) is 24.0 Å². The molecule has 4 unspecified atom stereocenters. The molecule has 0 aliphatic carbocycles. The summed E-state index contributed by atoms with van der Waals surface area (Å²) in [5, 5.41) is 19.1. The summed E-state index contributed by atoms with van der Waals surface area (Å²) in [6.07, 6.45) is 2.08. The Hall–Kier alpha value is -1.21. The standard InChI is InChI=1S/C16H23NO5/c1-4-12-14-15(22-16(2,3)21-14)13(20-12)8-17-7-11(19)6-5-10(17)9-18/h5-7,12-15,18H,4,8-9H2,1-3H3/p+1. The minimum Gasteiger partial charge on any atom is -0.503 e. The maximum Gasteiger partial charge on any atom is 0.211 e. The van der Waals surface area contributed by atoms with Gasteiger partial charge in [-0.1, -0.05) is 6.92 Å². The van der Waals surface area contributed by atoms with Gasteiger partial charge < -0.3 is 24.4 Å². The zero-order chi connectivity index (χ0) is 15.9. The minimum atomic E-state index is -0.603. The average Bonchev–Trinajstić information content (AvgIpc) is 2.93. The van der Waals surface area contributed by atoms with Crippen LogP contribution in [-0.4, -0.2) is 40.4 Å². The van der Waals surface area contributed by atoms with E-state index in [-0.39, 0.29) is 36.8 Å². The number of rotatable bonds is 4. The second kappa shape index (κ2) is 5.77. The number of fused-ring (bicyclic) bond motifs is 1. The van der Waals surface area contributed by atoms with E-state index in [2.05, 4.69) is 6.92 Å². The zero-order valence-corrected chi connectivity index (χ0v) is 13.2. The first-order valence-corrected chi connectivity index (χ1v) is 7.77. The summed E-state index contributed by atoms with van der Waals surface area (Å²) in [6, 6.07) is 3.27. The maximum absolute atomic E-state index is 9.68. The average molecular weight is 310 g/mol. The van der Waals surface area contributed by atoms with Crippen molar-refractivity contribution >= 4 is 0 Å². The molecule has 0 bridgehead atoms. The number of pyridine rings is 1. The van der Waals surface area contributed by atoms with Crippen LogP contribution in [0.3, 0.4) is 0 Å². The van der Waals surface area contributed by atoms with Crippen LogP contribution in [0.25, 0.3) is 0 Å². The molecular weight excluding hydrogens is 286 g/mol. The molecule has 0 amide bonds. The van der Waals surface area contributed by atoms with Gasteiger partial charge in [0.1, 0.15) is 24.9 Å². The van der Waals surface area contributed by atoms with Crippen LogP contribution in [0.15, 0.2) is 18.3 Å². The van der Waals surface area contributed by atoms with Crippen molar-refractivity contribution in [3.8, 4) is 5.75 Å². The quantitative estimate of drug-likeness (QED) is 0.808. The molecule has 2 aliphatic rings. The van der Waals surface area contributed by atoms with Gasteiger partial charge in [-0.25, -0.2) is 0 Å². The van der Waals surface area contributed by atoms with Crippen molar-refractivity contribution in [3.63, 3.8) is 0 Å². The highest BCUT2D eigenvalue weighted by atomic mass is 16.8. The molecule has 0 aromatic carbocycles. The molecule has 2 aliphatic heterocycles. The maximum atomic E-state index is 9.68. The normalized spacial score (nSPS) is 33.1. The molecule has 0 spiro atoms. The Morgan fingerprint density at radius 3 is 2.50 bits per heavy atom. The molecule has 0 saturated carbocycles. The van der Waals surface area contributed by atoms with E-state index in [1.54, 1.807) is 18.3 Å². The van der Waals surface area contributed by atoms with Crippen molar-refractivity contribution in [2.75, 3.05) is 0 Å². The Bertz CT molecular complexity index is 547. The Morgan fingerprint density at radius 2 is 1.86 bits per heavy atom. The van der Waals surface area contributed by atoms with Crippen LogP contribution in [0.1, 0.15) is 32.9 Å². The minimum absolute atomic E-state index is 0.00672. The first kappa shape index (κ1) is 15.7. The summed E-state index contributed by atoms with van der Waals surface area (Å²) < 4.78 is 19.9. The fourth-order valence-corrected chi connectivity index (χ4v) is 3.32. The second-order valence-electron chi connectivity index (χ2n) is 6.38. The van der Waals surface area contributed by atoms with E-state index in [0.717, 1.165) is 12.1 Å². The highest BCUT2D eigenvalue weighted by Crippen LogP contribution is 2.39. The molecule has 3 heterocycles. The first-order chi connectivity index (χ1) is 10.4. The van der Waals surface area contributed by atoms with Crippen molar-refractivity contribution in [2.24, 2.45) is 0 Å². The van der Waals surface area contributed by atoms with E-state index in [4.69, 9.17) is 14.2 Å². The molecule has 3 rings (SSSR count). The van der Waals surface area contributed by atoms with E-state index >= 15 is 0 Å². The summed E-state index contributed by atoms with van der Waals surface area (Å²) in [4.78, 5) is 0. The molecule has 6 heteroatoms. The lowest BCUT2D eigenvalue weighted by atomic mass is 10.1. The molecule has 2 fully saturated rings. The molecule has 1 aromatic rings. The predicted octanol–water partition coefficient (Wildman–Crippen LogP) is 0.869. The van der Waals surface area contributed by atoms with Crippen molar-refractivity contribution < 1.29 is 29.0 Å². The van der Waals surface area contributed by atoms with Gasteiger partial charge in [0.2, 0.25) is 11.9 Å². The van der Waals surface area contributed by atoms with Crippen LogP contribution >= 0.6 is 0 Å². The molecule has 1 aromatic heterocycles. The van der Waals surface area contributed by atoms with E-state index in [1.165, 1.54) is 0 Å². The molecule has 22 heavy (non-hydrogen) atoms. The Balaban J connectivity index is 1.82. The lowest BCUT2D eigenvalue weighted by molar-refractivity contribution is -0.713. The molecule has 2 N–H and O–H groups in total. The Morgan fingerprint density at radius 1 is 1.18 bits per heavy atom. The summed E-state index contributed by atoms with van der Waals surface area (Å²) >= 11 is 0. The monoisotopic (exact) mass is 310 g/mol. The van der Waals surface area contributed by atoms with E-state index in [0.29, 0.717) is 6.54 Å². The third-order valence-corrected chi connectivity index (χ3v) is 4.29. The van der Waals surface area contributed by atoms with Gasteiger partial charge in [-0.15, -0.1) is 0 Å². The Kier molecular flexibility index (Phi) is 4.11. The molecule has 2 saturated heterocycles. The SMILES string of the molecule is CCC1OC(C[n+]2cc(O)ccc2CO)C2OC(C)(C)OC12. The van der Waals surface area contributed by atoms with Crippen molar-refractivity contribution in [1.29, 1.82) is 0 Å². The smallest absolute Gasteiger partial charge is 0.211 e. The van der Waals surface area contributed by atoms with Crippen molar-refractivity contribution in [2.45, 2.75) is 70.5 Å². The van der Waals surface area contributed by atoms with Crippen LogP contribution in [0, 0.1) is 0 Å². The number of aliphatic hydroxyl groups excluding tert-OH is 1. The fraction of sp³-hybridized carbons (Fsp3) is 0.688. The van der Waals surface area contributed by atoms with Crippen LogP contribution in [-0.2, 0) is 27.4 Å². The highest BCUT2D eigenvalue weighted by molar-refractivity contribution is 5.13. The van der Waals surface area contributed by atoms with E-state index in [9.17, 15) is 10.2 Å². The van der Waals surface area contributed by atoms with Gasteiger partial charge in [0.15, 0.2) is 18.1 Å². The van der Waals surface area contributed by atoms with Gasteiger partial charge in [-0.05, 0) is 26.3 Å². The van der Waals surface area contributed by atoms with Crippen LogP contribution < -0.4 is 4.57 Å². The number of ether oxygens (including phenoxy) is 3. The van der Waals surface area contributed by atoms with Crippen LogP contribution in [0.5, 0.6) is 5.75 Å². The largest absolute Gasteiger partial charge is 0.503 e. The number of aromatic nitrogens is 1. The molecule has 6 nitrogen and oxygen atoms in total. The lowest BCUT2D eigenvalue weighted by Crippen LogP contribution is -2.47. The van der Waals surface area contributed by atoms with Crippen LogP contribution in [0.4, 0.5) is 0 Å². The number of aromatic hydroxyl groups is 1. The lowest BCUT2D eigenvalue weighted by Gasteiger charge is -2.23. The van der Waals surface area contributed by atoms with Gasteiger partial charge in [-0.3, -0.25) is 0 Å². The number of aliphatic hydroxyl groups is 1. The second-order valence-corrected chi connectivity index (χ2v) is 6.38. The van der Waals surface area contributed by atoms with E-state index < -0.39 is 5.79 Å². The molecular formula is C16H24NO5+. The fourth-order valence-electron chi connectivity index (χ4n) is 3.32. The van der Waals surface area contributed by atoms with Gasteiger partial charge in [0.25, 0.3) is 0 Å². The molecule has 4 atom stereocenters. The topological polar surface area (TPSA) is 72.0 Å². The van der Waals surface area contributed by atoms with Crippen molar-refractivity contribution in [1.82, 2.24) is 0 Å². The Labute approximate surface area is 130 Å². The third-order valence-electron chi connectivity index (χ3n) is 4.29. The number of nitrogens with zero attached hydrogens (tertiary/aromatic N) is 1. The third kappa shape index (κ3) is 2.84.